The second kappa shape index (κ2) is 14.1. The fraction of sp³-hybridized carbons (Fsp3) is 0. The Kier molecular flexibility index (Phi) is 8.19. The van der Waals surface area contributed by atoms with Crippen molar-refractivity contribution in [1.82, 2.24) is 4.57 Å². The maximum Gasteiger partial charge on any atom is 0.0546 e. The van der Waals surface area contributed by atoms with Gasteiger partial charge in [0.2, 0.25) is 0 Å². The van der Waals surface area contributed by atoms with Crippen molar-refractivity contribution in [2.75, 3.05) is 4.90 Å². The first-order valence-electron chi connectivity index (χ1n) is 19.9. The third-order valence-electron chi connectivity index (χ3n) is 11.6. The van der Waals surface area contributed by atoms with Gasteiger partial charge in [-0.25, -0.2) is 0 Å². The summed E-state index contributed by atoms with van der Waals surface area (Å²) < 4.78 is 2.39. The third-order valence-corrected chi connectivity index (χ3v) is 11.6. The molecule has 2 nitrogen and oxygen atoms in total. The van der Waals surface area contributed by atoms with Crippen molar-refractivity contribution in [2.24, 2.45) is 0 Å². The molecule has 0 amide bonds. The van der Waals surface area contributed by atoms with E-state index in [-0.39, 0.29) is 0 Å². The van der Waals surface area contributed by atoms with Gasteiger partial charge in [-0.1, -0.05) is 176 Å². The van der Waals surface area contributed by atoms with Crippen LogP contribution in [0.4, 0.5) is 17.1 Å². The first kappa shape index (κ1) is 33.6. The molecule has 11 aromatic rings. The minimum absolute atomic E-state index is 1.07. The second-order valence-electron chi connectivity index (χ2n) is 14.9. The van der Waals surface area contributed by atoms with Crippen molar-refractivity contribution >= 4 is 60.4 Å². The summed E-state index contributed by atoms with van der Waals surface area (Å²) in [4.78, 5) is 2.47. The van der Waals surface area contributed by atoms with E-state index < -0.39 is 0 Å². The Hall–Kier alpha value is -7.68. The standard InChI is InChI=1S/C56H38N2/c1-3-17-39(18-4-1)46-23-11-14-28-53(46)58(44-34-32-43(33-35-44)57-54-29-15-12-26-50(54)51-27-13-16-30-55(51)57)56-38-42(31-36-47(56)40-19-5-2-6-20-40)52-37-41-21-7-8-22-45(41)48-24-9-10-25-49(48)52/h1-38H. The van der Waals surface area contributed by atoms with Gasteiger partial charge in [-0.05, 0) is 98.4 Å². The molecule has 0 saturated heterocycles. The number of anilines is 3. The molecule has 0 aliphatic rings. The van der Waals surface area contributed by atoms with E-state index in [1.54, 1.807) is 0 Å². The number of hydrogen-bond acceptors (Lipinski definition) is 1. The van der Waals surface area contributed by atoms with E-state index in [0.717, 1.165) is 39.4 Å². The molecule has 0 unspecified atom stereocenters. The predicted molar refractivity (Wildman–Crippen MR) is 247 cm³/mol. The Morgan fingerprint density at radius 1 is 0.293 bits per heavy atom. The zero-order chi connectivity index (χ0) is 38.4. The molecule has 0 radical (unpaired) electrons. The molecule has 1 heterocycles. The Balaban J connectivity index is 1.17. The van der Waals surface area contributed by atoms with Crippen LogP contribution in [0.15, 0.2) is 231 Å². The van der Waals surface area contributed by atoms with E-state index >= 15 is 0 Å². The summed E-state index contributed by atoms with van der Waals surface area (Å²) in [6.45, 7) is 0. The summed E-state index contributed by atoms with van der Waals surface area (Å²) >= 11 is 0. The van der Waals surface area contributed by atoms with Gasteiger partial charge in [0.15, 0.2) is 0 Å². The van der Waals surface area contributed by atoms with Crippen molar-refractivity contribution in [3.63, 3.8) is 0 Å². The van der Waals surface area contributed by atoms with Crippen LogP contribution in [0.1, 0.15) is 0 Å². The lowest BCUT2D eigenvalue weighted by Gasteiger charge is -2.31. The summed E-state index contributed by atoms with van der Waals surface area (Å²) in [7, 11) is 0. The normalized spacial score (nSPS) is 11.4. The zero-order valence-electron chi connectivity index (χ0n) is 31.8. The predicted octanol–water partition coefficient (Wildman–Crippen LogP) is 15.6. The Morgan fingerprint density at radius 2 is 0.810 bits per heavy atom. The van der Waals surface area contributed by atoms with E-state index in [1.165, 1.54) is 60.0 Å². The van der Waals surface area contributed by atoms with Crippen molar-refractivity contribution < 1.29 is 0 Å². The van der Waals surface area contributed by atoms with Gasteiger partial charge in [-0.3, -0.25) is 0 Å². The number of para-hydroxylation sites is 3. The number of nitrogens with zero attached hydrogens (tertiary/aromatic N) is 2. The maximum atomic E-state index is 2.47. The molecule has 272 valence electrons. The Bertz CT molecular complexity index is 3220. The lowest BCUT2D eigenvalue weighted by molar-refractivity contribution is 1.17. The molecule has 0 atom stereocenters. The van der Waals surface area contributed by atoms with Gasteiger partial charge in [0.1, 0.15) is 0 Å². The van der Waals surface area contributed by atoms with E-state index in [2.05, 4.69) is 240 Å². The van der Waals surface area contributed by atoms with Gasteiger partial charge in [0, 0.05) is 33.3 Å². The highest BCUT2D eigenvalue weighted by atomic mass is 15.1. The van der Waals surface area contributed by atoms with Crippen LogP contribution >= 0.6 is 0 Å². The highest BCUT2D eigenvalue weighted by molar-refractivity contribution is 6.14. The van der Waals surface area contributed by atoms with Crippen LogP contribution in [-0.4, -0.2) is 4.57 Å². The van der Waals surface area contributed by atoms with Gasteiger partial charge in [0.05, 0.1) is 22.4 Å². The highest BCUT2D eigenvalue weighted by Gasteiger charge is 2.22. The van der Waals surface area contributed by atoms with Crippen LogP contribution in [0.25, 0.3) is 82.4 Å². The SMILES string of the molecule is c1ccc(-c2ccccc2N(c2ccc(-n3c4ccccc4c4ccccc43)cc2)c2cc(-c3cc4ccccc4c4ccccc34)ccc2-c2ccccc2)cc1. The Morgan fingerprint density at radius 3 is 1.48 bits per heavy atom. The largest absolute Gasteiger partial charge is 0.309 e. The molecule has 0 aliphatic carbocycles. The summed E-state index contributed by atoms with van der Waals surface area (Å²) in [5.41, 5.74) is 13.8. The number of benzene rings is 10. The average molecular weight is 739 g/mol. The summed E-state index contributed by atoms with van der Waals surface area (Å²) in [5.74, 6) is 0. The topological polar surface area (TPSA) is 8.17 Å². The van der Waals surface area contributed by atoms with E-state index in [1.807, 2.05) is 0 Å². The number of aromatic nitrogens is 1. The van der Waals surface area contributed by atoms with Crippen molar-refractivity contribution in [3.05, 3.63) is 231 Å². The highest BCUT2D eigenvalue weighted by Crippen LogP contribution is 2.47. The molecule has 10 aromatic carbocycles. The van der Waals surface area contributed by atoms with Crippen LogP contribution in [0.2, 0.25) is 0 Å². The van der Waals surface area contributed by atoms with E-state index in [4.69, 9.17) is 0 Å². The molecule has 58 heavy (non-hydrogen) atoms. The molecule has 2 heteroatoms. The fourth-order valence-corrected chi connectivity index (χ4v) is 8.93. The smallest absolute Gasteiger partial charge is 0.0546 e. The van der Waals surface area contributed by atoms with Crippen molar-refractivity contribution in [3.8, 4) is 39.1 Å². The fourth-order valence-electron chi connectivity index (χ4n) is 8.93. The Labute approximate surface area is 338 Å². The molecule has 0 saturated carbocycles. The zero-order valence-corrected chi connectivity index (χ0v) is 31.8. The van der Waals surface area contributed by atoms with Crippen LogP contribution in [0, 0.1) is 0 Å². The molecule has 1 aromatic heterocycles. The molecule has 0 aliphatic heterocycles. The first-order valence-corrected chi connectivity index (χ1v) is 19.9. The number of rotatable bonds is 7. The second-order valence-corrected chi connectivity index (χ2v) is 14.9. The van der Waals surface area contributed by atoms with Gasteiger partial charge in [-0.15, -0.1) is 0 Å². The van der Waals surface area contributed by atoms with Gasteiger partial charge in [0.25, 0.3) is 0 Å². The third kappa shape index (κ3) is 5.66. The lowest BCUT2D eigenvalue weighted by atomic mass is 9.91. The van der Waals surface area contributed by atoms with Crippen LogP contribution in [0.5, 0.6) is 0 Å². The van der Waals surface area contributed by atoms with Crippen molar-refractivity contribution in [1.29, 1.82) is 0 Å². The molecule has 0 N–H and O–H groups in total. The van der Waals surface area contributed by atoms with Gasteiger partial charge >= 0.3 is 0 Å². The van der Waals surface area contributed by atoms with Crippen molar-refractivity contribution in [2.45, 2.75) is 0 Å². The first-order chi connectivity index (χ1) is 28.8. The van der Waals surface area contributed by atoms with Crippen LogP contribution < -0.4 is 4.90 Å². The maximum absolute atomic E-state index is 2.47. The van der Waals surface area contributed by atoms with Crippen LogP contribution in [0.3, 0.4) is 0 Å². The monoisotopic (exact) mass is 738 g/mol. The molecule has 0 bridgehead atoms. The number of fused-ring (bicyclic) bond motifs is 6. The van der Waals surface area contributed by atoms with Gasteiger partial charge in [-0.2, -0.15) is 0 Å². The van der Waals surface area contributed by atoms with E-state index in [9.17, 15) is 0 Å². The van der Waals surface area contributed by atoms with Crippen LogP contribution in [-0.2, 0) is 0 Å². The van der Waals surface area contributed by atoms with Gasteiger partial charge < -0.3 is 9.47 Å². The average Bonchev–Trinajstić information content (AvgIpc) is 3.64. The lowest BCUT2D eigenvalue weighted by Crippen LogP contribution is -2.13. The molecule has 0 fully saturated rings. The summed E-state index contributed by atoms with van der Waals surface area (Å²) in [6.07, 6.45) is 0. The molecular weight excluding hydrogens is 701 g/mol. The summed E-state index contributed by atoms with van der Waals surface area (Å²) in [5, 5.41) is 7.52. The summed E-state index contributed by atoms with van der Waals surface area (Å²) in [6, 6.07) is 83.8. The minimum Gasteiger partial charge on any atom is -0.309 e. The quantitative estimate of drug-likeness (QED) is 0.148. The number of hydrogen-bond donors (Lipinski definition) is 0. The molecule has 0 spiro atoms. The molecular formula is C56H38N2. The van der Waals surface area contributed by atoms with E-state index in [0.29, 0.717) is 0 Å². The molecule has 11 rings (SSSR count). The minimum atomic E-state index is 1.07.